The maximum atomic E-state index is 12.2. The van der Waals surface area contributed by atoms with Crippen LogP contribution in [0.3, 0.4) is 0 Å². The van der Waals surface area contributed by atoms with E-state index in [9.17, 15) is 4.79 Å². The van der Waals surface area contributed by atoms with E-state index in [2.05, 4.69) is 16.7 Å². The van der Waals surface area contributed by atoms with E-state index in [-0.39, 0.29) is 11.4 Å². The fraction of sp³-hybridized carbons (Fsp3) is 0.562. The molecule has 4 heteroatoms. The lowest BCUT2D eigenvalue weighted by atomic mass is 9.88. The summed E-state index contributed by atoms with van der Waals surface area (Å²) < 4.78 is 0. The van der Waals surface area contributed by atoms with Gasteiger partial charge in [0.2, 0.25) is 5.91 Å². The first-order valence-electron chi connectivity index (χ1n) is 7.38. The second-order valence-corrected chi connectivity index (χ2v) is 5.99. The zero-order valence-electron chi connectivity index (χ0n) is 12.0. The first kappa shape index (κ1) is 15.3. The highest BCUT2D eigenvalue weighted by molar-refractivity contribution is 6.30. The summed E-state index contributed by atoms with van der Waals surface area (Å²) in [6, 6.07) is 7.90. The lowest BCUT2D eigenvalue weighted by Crippen LogP contribution is -2.43. The van der Waals surface area contributed by atoms with Gasteiger partial charge in [-0.1, -0.05) is 36.6 Å². The zero-order chi connectivity index (χ0) is 14.4. The molecule has 2 rings (SSSR count). The number of rotatable bonds is 6. The molecule has 3 nitrogen and oxygen atoms in total. The first-order valence-corrected chi connectivity index (χ1v) is 7.76. The number of hydrogen-bond donors (Lipinski definition) is 2. The van der Waals surface area contributed by atoms with Gasteiger partial charge in [0.1, 0.15) is 0 Å². The first-order chi connectivity index (χ1) is 9.66. The van der Waals surface area contributed by atoms with Crippen LogP contribution in [-0.2, 0) is 10.3 Å². The molecule has 0 aromatic heterocycles. The van der Waals surface area contributed by atoms with Gasteiger partial charge in [0.25, 0.3) is 0 Å². The molecular weight excluding hydrogens is 272 g/mol. The maximum absolute atomic E-state index is 12.2. The molecule has 1 aromatic carbocycles. The Hall–Kier alpha value is -1.06. The molecule has 1 fully saturated rings. The molecule has 1 saturated carbocycles. The van der Waals surface area contributed by atoms with E-state index in [0.29, 0.717) is 6.42 Å². The van der Waals surface area contributed by atoms with Crippen LogP contribution in [0.4, 0.5) is 0 Å². The van der Waals surface area contributed by atoms with Crippen molar-refractivity contribution >= 4 is 17.5 Å². The van der Waals surface area contributed by atoms with E-state index in [1.807, 2.05) is 25.2 Å². The largest absolute Gasteiger partial charge is 0.347 e. The molecule has 2 N–H and O–H groups in total. The van der Waals surface area contributed by atoms with Gasteiger partial charge in [-0.05, 0) is 50.6 Å². The van der Waals surface area contributed by atoms with Crippen LogP contribution in [-0.4, -0.2) is 19.5 Å². The summed E-state index contributed by atoms with van der Waals surface area (Å²) in [6.45, 7) is 0.873. The summed E-state index contributed by atoms with van der Waals surface area (Å²) in [5, 5.41) is 7.07. The molecule has 0 bridgehead atoms. The van der Waals surface area contributed by atoms with Gasteiger partial charge in [0, 0.05) is 11.4 Å². The minimum Gasteiger partial charge on any atom is -0.347 e. The number of carbonyl (C=O) groups is 1. The second-order valence-electron chi connectivity index (χ2n) is 5.55. The van der Waals surface area contributed by atoms with Gasteiger partial charge in [-0.3, -0.25) is 4.79 Å². The van der Waals surface area contributed by atoms with Crippen molar-refractivity contribution in [3.05, 3.63) is 34.9 Å². The average molecular weight is 295 g/mol. The number of nitrogens with one attached hydrogen (secondary N) is 2. The van der Waals surface area contributed by atoms with Gasteiger partial charge in [-0.25, -0.2) is 0 Å². The van der Waals surface area contributed by atoms with Crippen LogP contribution < -0.4 is 10.6 Å². The summed E-state index contributed by atoms with van der Waals surface area (Å²) in [5.41, 5.74) is 0.936. The highest BCUT2D eigenvalue weighted by Gasteiger charge is 2.36. The molecule has 1 aliphatic carbocycles. The molecule has 1 aromatic rings. The molecule has 0 heterocycles. The molecule has 0 unspecified atom stereocenters. The smallest absolute Gasteiger partial charge is 0.220 e. The summed E-state index contributed by atoms with van der Waals surface area (Å²) in [6.07, 6.45) is 5.76. The minimum absolute atomic E-state index is 0.141. The number of hydrogen-bond acceptors (Lipinski definition) is 2. The van der Waals surface area contributed by atoms with Crippen molar-refractivity contribution in [3.63, 3.8) is 0 Å². The number of halogens is 1. The highest BCUT2D eigenvalue weighted by Crippen LogP contribution is 2.39. The van der Waals surface area contributed by atoms with Crippen molar-refractivity contribution in [1.29, 1.82) is 0 Å². The zero-order valence-corrected chi connectivity index (χ0v) is 12.8. The van der Waals surface area contributed by atoms with E-state index < -0.39 is 0 Å². The number of benzene rings is 1. The molecule has 110 valence electrons. The van der Waals surface area contributed by atoms with Gasteiger partial charge < -0.3 is 10.6 Å². The van der Waals surface area contributed by atoms with Crippen molar-refractivity contribution in [2.75, 3.05) is 13.6 Å². The Morgan fingerprint density at radius 3 is 2.75 bits per heavy atom. The predicted octanol–water partition coefficient (Wildman–Crippen LogP) is 3.23. The Balaban J connectivity index is 2.08. The van der Waals surface area contributed by atoms with E-state index in [1.165, 1.54) is 0 Å². The summed E-state index contributed by atoms with van der Waals surface area (Å²) >= 11 is 6.10. The van der Waals surface area contributed by atoms with Crippen LogP contribution in [0.15, 0.2) is 24.3 Å². The van der Waals surface area contributed by atoms with Gasteiger partial charge in [-0.2, -0.15) is 0 Å². The SMILES string of the molecule is CNCCCC(=O)NC1(c2cccc(Cl)c2)CCCC1. The number of carbonyl (C=O) groups excluding carboxylic acids is 1. The van der Waals surface area contributed by atoms with Crippen molar-refractivity contribution in [2.24, 2.45) is 0 Å². The van der Waals surface area contributed by atoms with Gasteiger partial charge in [0.05, 0.1) is 5.54 Å². The predicted molar refractivity (Wildman–Crippen MR) is 82.9 cm³/mol. The summed E-state index contributed by atoms with van der Waals surface area (Å²) in [5.74, 6) is 0.141. The molecule has 0 saturated heterocycles. The van der Waals surface area contributed by atoms with E-state index in [0.717, 1.165) is 49.2 Å². The lowest BCUT2D eigenvalue weighted by molar-refractivity contribution is -0.123. The minimum atomic E-state index is -0.207. The Bertz CT molecular complexity index is 456. The number of amides is 1. The van der Waals surface area contributed by atoms with Crippen molar-refractivity contribution in [3.8, 4) is 0 Å². The standard InChI is InChI=1S/C16H23ClN2O/c1-18-11-5-8-15(20)19-16(9-2-3-10-16)13-6-4-7-14(17)12-13/h4,6-7,12,18H,2-3,5,8-11H2,1H3,(H,19,20). The van der Waals surface area contributed by atoms with Crippen LogP contribution in [0.25, 0.3) is 0 Å². The van der Waals surface area contributed by atoms with Gasteiger partial charge in [-0.15, -0.1) is 0 Å². The van der Waals surface area contributed by atoms with Crippen molar-refractivity contribution in [1.82, 2.24) is 10.6 Å². The quantitative estimate of drug-likeness (QED) is 0.791. The Kier molecular flexibility index (Phi) is 5.44. The molecule has 0 atom stereocenters. The molecule has 0 spiro atoms. The van der Waals surface area contributed by atoms with Crippen molar-refractivity contribution in [2.45, 2.75) is 44.1 Å². The normalized spacial score (nSPS) is 17.1. The molecular formula is C16H23ClN2O. The van der Waals surface area contributed by atoms with Crippen LogP contribution in [0.2, 0.25) is 5.02 Å². The van der Waals surface area contributed by atoms with Crippen LogP contribution in [0.5, 0.6) is 0 Å². The maximum Gasteiger partial charge on any atom is 0.220 e. The molecule has 1 aliphatic rings. The Morgan fingerprint density at radius 1 is 1.35 bits per heavy atom. The fourth-order valence-electron chi connectivity index (χ4n) is 3.01. The van der Waals surface area contributed by atoms with Crippen LogP contribution in [0, 0.1) is 0 Å². The highest BCUT2D eigenvalue weighted by atomic mass is 35.5. The van der Waals surface area contributed by atoms with Gasteiger partial charge in [0.15, 0.2) is 0 Å². The summed E-state index contributed by atoms with van der Waals surface area (Å²) in [7, 11) is 1.91. The third-order valence-electron chi connectivity index (χ3n) is 4.04. The van der Waals surface area contributed by atoms with Crippen LogP contribution >= 0.6 is 11.6 Å². The van der Waals surface area contributed by atoms with Crippen LogP contribution in [0.1, 0.15) is 44.1 Å². The fourth-order valence-corrected chi connectivity index (χ4v) is 3.20. The second kappa shape index (κ2) is 7.09. The van der Waals surface area contributed by atoms with Gasteiger partial charge >= 0.3 is 0 Å². The molecule has 0 aliphatic heterocycles. The third kappa shape index (κ3) is 3.74. The molecule has 1 amide bonds. The monoisotopic (exact) mass is 294 g/mol. The van der Waals surface area contributed by atoms with Crippen molar-refractivity contribution < 1.29 is 4.79 Å². The van der Waals surface area contributed by atoms with E-state index >= 15 is 0 Å². The lowest BCUT2D eigenvalue weighted by Gasteiger charge is -2.31. The molecule has 0 radical (unpaired) electrons. The average Bonchev–Trinajstić information content (AvgIpc) is 2.89. The van der Waals surface area contributed by atoms with E-state index in [1.54, 1.807) is 0 Å². The summed E-state index contributed by atoms with van der Waals surface area (Å²) in [4.78, 5) is 12.2. The Morgan fingerprint density at radius 2 is 2.10 bits per heavy atom. The Labute approximate surface area is 126 Å². The molecule has 20 heavy (non-hydrogen) atoms. The third-order valence-corrected chi connectivity index (χ3v) is 4.28. The van der Waals surface area contributed by atoms with E-state index in [4.69, 9.17) is 11.6 Å². The topological polar surface area (TPSA) is 41.1 Å².